The molecule has 1 aromatic rings. The minimum absolute atomic E-state index is 0.427. The molecule has 3 nitrogen and oxygen atoms in total. The van der Waals surface area contributed by atoms with Gasteiger partial charge in [0.25, 0.3) is 0 Å². The second-order valence-electron chi connectivity index (χ2n) is 5.02. The van der Waals surface area contributed by atoms with Crippen LogP contribution in [0.4, 0.5) is 0 Å². The third kappa shape index (κ3) is 2.14. The molecule has 2 N–H and O–H groups in total. The minimum atomic E-state index is 0.427. The molecule has 0 amide bonds. The summed E-state index contributed by atoms with van der Waals surface area (Å²) in [6, 6.07) is 9.65. The fourth-order valence-corrected chi connectivity index (χ4v) is 2.71. The average molecular weight is 229 g/mol. The van der Waals surface area contributed by atoms with Crippen LogP contribution in [-0.4, -0.2) is 18.5 Å². The van der Waals surface area contributed by atoms with Crippen LogP contribution in [0.3, 0.4) is 0 Å². The van der Waals surface area contributed by atoms with Crippen molar-refractivity contribution in [2.45, 2.75) is 38.3 Å². The third-order valence-corrected chi connectivity index (χ3v) is 3.59. The zero-order chi connectivity index (χ0) is 11.7. The van der Waals surface area contributed by atoms with Crippen LogP contribution in [0.2, 0.25) is 0 Å². The third-order valence-electron chi connectivity index (χ3n) is 3.59. The highest BCUT2D eigenvalue weighted by Gasteiger charge is 2.22. The first-order chi connectivity index (χ1) is 8.33. The normalized spacial score (nSPS) is 27.0. The van der Waals surface area contributed by atoms with Crippen molar-refractivity contribution >= 4 is 5.96 Å². The smallest absolute Gasteiger partial charge is 0.192 e. The molecule has 3 heteroatoms. The summed E-state index contributed by atoms with van der Waals surface area (Å²) in [5.41, 5.74) is 2.94. The van der Waals surface area contributed by atoms with E-state index in [1.807, 2.05) is 0 Å². The molecule has 3 rings (SSSR count). The summed E-state index contributed by atoms with van der Waals surface area (Å²) in [4.78, 5) is 4.48. The van der Waals surface area contributed by atoms with Gasteiger partial charge in [0.15, 0.2) is 5.96 Å². The SMILES string of the molecule is CC1CN=C(NC2CCCc3ccccc32)N1. The molecule has 1 heterocycles. The van der Waals surface area contributed by atoms with Gasteiger partial charge in [-0.3, -0.25) is 4.99 Å². The lowest BCUT2D eigenvalue weighted by atomic mass is 9.88. The first kappa shape index (κ1) is 10.6. The van der Waals surface area contributed by atoms with E-state index in [1.165, 1.54) is 30.4 Å². The number of rotatable bonds is 1. The number of nitrogens with zero attached hydrogens (tertiary/aromatic N) is 1. The number of nitrogens with one attached hydrogen (secondary N) is 2. The molecule has 0 radical (unpaired) electrons. The maximum Gasteiger partial charge on any atom is 0.192 e. The largest absolute Gasteiger partial charge is 0.352 e. The number of hydrogen-bond acceptors (Lipinski definition) is 3. The van der Waals surface area contributed by atoms with Crippen LogP contribution in [0.1, 0.15) is 36.9 Å². The predicted molar refractivity (Wildman–Crippen MR) is 70.2 cm³/mol. The first-order valence-corrected chi connectivity index (χ1v) is 6.48. The Bertz CT molecular complexity index is 439. The molecule has 0 fully saturated rings. The van der Waals surface area contributed by atoms with E-state index in [4.69, 9.17) is 0 Å². The highest BCUT2D eigenvalue weighted by atomic mass is 15.2. The molecule has 0 saturated heterocycles. The van der Waals surface area contributed by atoms with E-state index in [0.29, 0.717) is 12.1 Å². The fourth-order valence-electron chi connectivity index (χ4n) is 2.71. The number of guanidine groups is 1. The van der Waals surface area contributed by atoms with Gasteiger partial charge in [0.2, 0.25) is 0 Å². The molecule has 0 aromatic heterocycles. The van der Waals surface area contributed by atoms with Crippen molar-refractivity contribution in [3.63, 3.8) is 0 Å². The number of fused-ring (bicyclic) bond motifs is 1. The van der Waals surface area contributed by atoms with Crippen LogP contribution >= 0.6 is 0 Å². The van der Waals surface area contributed by atoms with Crippen molar-refractivity contribution < 1.29 is 0 Å². The van der Waals surface area contributed by atoms with Gasteiger partial charge in [-0.15, -0.1) is 0 Å². The van der Waals surface area contributed by atoms with Crippen LogP contribution in [0.5, 0.6) is 0 Å². The summed E-state index contributed by atoms with van der Waals surface area (Å²) in [5, 5.41) is 6.91. The van der Waals surface area contributed by atoms with E-state index >= 15 is 0 Å². The fraction of sp³-hybridized carbons (Fsp3) is 0.500. The van der Waals surface area contributed by atoms with E-state index in [9.17, 15) is 0 Å². The molecular weight excluding hydrogens is 210 g/mol. The molecule has 2 atom stereocenters. The Kier molecular flexibility index (Phi) is 2.75. The van der Waals surface area contributed by atoms with Gasteiger partial charge in [0, 0.05) is 6.04 Å². The van der Waals surface area contributed by atoms with Gasteiger partial charge in [0.1, 0.15) is 0 Å². The van der Waals surface area contributed by atoms with E-state index in [2.05, 4.69) is 46.8 Å². The molecule has 1 aliphatic carbocycles. The van der Waals surface area contributed by atoms with Crippen molar-refractivity contribution in [2.75, 3.05) is 6.54 Å². The molecule has 2 aliphatic rings. The van der Waals surface area contributed by atoms with Gasteiger partial charge >= 0.3 is 0 Å². The van der Waals surface area contributed by atoms with Gasteiger partial charge in [-0.2, -0.15) is 0 Å². The lowest BCUT2D eigenvalue weighted by Crippen LogP contribution is -2.40. The minimum Gasteiger partial charge on any atom is -0.352 e. The van der Waals surface area contributed by atoms with Crippen molar-refractivity contribution in [3.8, 4) is 0 Å². The quantitative estimate of drug-likeness (QED) is 0.772. The van der Waals surface area contributed by atoms with Crippen LogP contribution in [-0.2, 0) is 6.42 Å². The topological polar surface area (TPSA) is 36.4 Å². The van der Waals surface area contributed by atoms with E-state index in [-0.39, 0.29) is 0 Å². The molecule has 0 saturated carbocycles. The Morgan fingerprint density at radius 2 is 2.24 bits per heavy atom. The Labute approximate surface area is 102 Å². The Hall–Kier alpha value is -1.51. The highest BCUT2D eigenvalue weighted by Crippen LogP contribution is 2.29. The van der Waals surface area contributed by atoms with E-state index < -0.39 is 0 Å². The Balaban J connectivity index is 1.77. The van der Waals surface area contributed by atoms with Crippen LogP contribution < -0.4 is 10.6 Å². The van der Waals surface area contributed by atoms with Gasteiger partial charge in [-0.1, -0.05) is 24.3 Å². The lowest BCUT2D eigenvalue weighted by molar-refractivity contribution is 0.521. The van der Waals surface area contributed by atoms with Crippen LogP contribution in [0, 0.1) is 0 Å². The maximum absolute atomic E-state index is 4.48. The van der Waals surface area contributed by atoms with Gasteiger partial charge in [-0.05, 0) is 37.3 Å². The van der Waals surface area contributed by atoms with Crippen molar-refractivity contribution in [2.24, 2.45) is 4.99 Å². The lowest BCUT2D eigenvalue weighted by Gasteiger charge is -2.27. The molecule has 17 heavy (non-hydrogen) atoms. The Morgan fingerprint density at radius 3 is 3.06 bits per heavy atom. The monoisotopic (exact) mass is 229 g/mol. The molecule has 0 spiro atoms. The summed E-state index contributed by atoms with van der Waals surface area (Å²) in [6.45, 7) is 3.05. The summed E-state index contributed by atoms with van der Waals surface area (Å²) in [6.07, 6.45) is 3.67. The molecule has 1 aliphatic heterocycles. The molecule has 1 aromatic carbocycles. The first-order valence-electron chi connectivity index (χ1n) is 6.48. The molecule has 2 unspecified atom stereocenters. The zero-order valence-electron chi connectivity index (χ0n) is 10.2. The standard InChI is InChI=1S/C14H19N3/c1-10-9-15-14(16-10)17-13-8-4-6-11-5-2-3-7-12(11)13/h2-3,5,7,10,13H,4,6,8-9H2,1H3,(H2,15,16,17). The summed E-state index contributed by atoms with van der Waals surface area (Å²) in [7, 11) is 0. The summed E-state index contributed by atoms with van der Waals surface area (Å²) in [5.74, 6) is 0.971. The maximum atomic E-state index is 4.48. The van der Waals surface area contributed by atoms with E-state index in [0.717, 1.165) is 12.5 Å². The van der Waals surface area contributed by atoms with Crippen molar-refractivity contribution in [1.82, 2.24) is 10.6 Å². The van der Waals surface area contributed by atoms with Crippen LogP contribution in [0.25, 0.3) is 0 Å². The number of aryl methyl sites for hydroxylation is 1. The van der Waals surface area contributed by atoms with Crippen molar-refractivity contribution in [3.05, 3.63) is 35.4 Å². The predicted octanol–water partition coefficient (Wildman–Crippen LogP) is 2.00. The average Bonchev–Trinajstić information content (AvgIpc) is 2.75. The zero-order valence-corrected chi connectivity index (χ0v) is 10.2. The molecule has 90 valence electrons. The Morgan fingerprint density at radius 1 is 1.35 bits per heavy atom. The second kappa shape index (κ2) is 4.40. The van der Waals surface area contributed by atoms with E-state index in [1.54, 1.807) is 0 Å². The summed E-state index contributed by atoms with van der Waals surface area (Å²) >= 11 is 0. The molecule has 0 bridgehead atoms. The highest BCUT2D eigenvalue weighted by molar-refractivity contribution is 5.82. The van der Waals surface area contributed by atoms with Crippen LogP contribution in [0.15, 0.2) is 29.3 Å². The summed E-state index contributed by atoms with van der Waals surface area (Å²) < 4.78 is 0. The van der Waals surface area contributed by atoms with Gasteiger partial charge in [0.05, 0.1) is 12.6 Å². The number of hydrogen-bond donors (Lipinski definition) is 2. The number of aliphatic imine (C=N–C) groups is 1. The number of benzene rings is 1. The van der Waals surface area contributed by atoms with Gasteiger partial charge < -0.3 is 10.6 Å². The molecular formula is C14H19N3. The second-order valence-corrected chi connectivity index (χ2v) is 5.02. The van der Waals surface area contributed by atoms with Crippen molar-refractivity contribution in [1.29, 1.82) is 0 Å². The van der Waals surface area contributed by atoms with Gasteiger partial charge in [-0.25, -0.2) is 0 Å².